The molecule has 0 aromatic rings. The van der Waals surface area contributed by atoms with Gasteiger partial charge in [0, 0.05) is 13.1 Å². The Morgan fingerprint density at radius 3 is 2.00 bits per heavy atom. The molecule has 6 nitrogen and oxygen atoms in total. The third kappa shape index (κ3) is 3.48. The van der Waals surface area contributed by atoms with Gasteiger partial charge in [-0.1, -0.05) is 19.3 Å². The monoisotopic (exact) mass is 310 g/mol. The van der Waals surface area contributed by atoms with Crippen LogP contribution in [0.5, 0.6) is 0 Å². The van der Waals surface area contributed by atoms with Crippen LogP contribution < -0.4 is 5.14 Å². The van der Waals surface area contributed by atoms with E-state index in [0.29, 0.717) is 32.2 Å². The Morgan fingerprint density at radius 1 is 0.842 bits per heavy atom. The number of hydrogen-bond donors (Lipinski definition) is 1. The van der Waals surface area contributed by atoms with E-state index in [1.807, 2.05) is 0 Å². The normalized spacial score (nSPS) is 28.4. The summed E-state index contributed by atoms with van der Waals surface area (Å²) in [5, 5.41) is 4.06. The van der Waals surface area contributed by atoms with E-state index in [-0.39, 0.29) is 11.8 Å². The summed E-state index contributed by atoms with van der Waals surface area (Å²) in [6.07, 6.45) is 5.37. The number of piperidine rings is 1. The van der Waals surface area contributed by atoms with Gasteiger partial charge in [-0.05, 0) is 25.7 Å². The van der Waals surface area contributed by atoms with E-state index in [4.69, 9.17) is 5.14 Å². The van der Waals surface area contributed by atoms with E-state index in [1.54, 1.807) is 0 Å². The lowest BCUT2D eigenvalue weighted by molar-refractivity contribution is 0.334. The quantitative estimate of drug-likeness (QED) is 0.816. The highest BCUT2D eigenvalue weighted by atomic mass is 32.2. The topological polar surface area (TPSA) is 97.5 Å². The highest BCUT2D eigenvalue weighted by Crippen LogP contribution is 2.28. The van der Waals surface area contributed by atoms with Crippen LogP contribution in [0.2, 0.25) is 0 Å². The fourth-order valence-electron chi connectivity index (χ4n) is 2.98. The molecule has 0 aromatic carbocycles. The summed E-state index contributed by atoms with van der Waals surface area (Å²) in [5.74, 6) is 0. The lowest BCUT2D eigenvalue weighted by atomic mass is 10.0. The minimum Gasteiger partial charge on any atom is -0.228 e. The Balaban J connectivity index is 2.11. The van der Waals surface area contributed by atoms with E-state index in [9.17, 15) is 16.8 Å². The van der Waals surface area contributed by atoms with Crippen molar-refractivity contribution in [1.29, 1.82) is 0 Å². The van der Waals surface area contributed by atoms with Crippen LogP contribution in [0.3, 0.4) is 0 Å². The van der Waals surface area contributed by atoms with Gasteiger partial charge in [-0.3, -0.25) is 0 Å². The summed E-state index contributed by atoms with van der Waals surface area (Å²) < 4.78 is 49.1. The fourth-order valence-corrected chi connectivity index (χ4v) is 6.08. The molecule has 2 aliphatic rings. The maximum atomic E-state index is 12.5. The highest BCUT2D eigenvalue weighted by molar-refractivity contribution is 7.90. The van der Waals surface area contributed by atoms with Crippen LogP contribution in [0.1, 0.15) is 44.9 Å². The molecule has 1 atom stereocenters. The molecule has 0 radical (unpaired) electrons. The Morgan fingerprint density at radius 2 is 1.42 bits per heavy atom. The summed E-state index contributed by atoms with van der Waals surface area (Å²) in [6, 6.07) is 0. The van der Waals surface area contributed by atoms with Gasteiger partial charge < -0.3 is 0 Å². The number of hydrogen-bond acceptors (Lipinski definition) is 4. The van der Waals surface area contributed by atoms with Gasteiger partial charge in [0.25, 0.3) is 0 Å². The second-order valence-electron chi connectivity index (χ2n) is 5.52. The Bertz CT molecular complexity index is 509. The van der Waals surface area contributed by atoms with E-state index in [1.165, 1.54) is 4.31 Å². The molecule has 19 heavy (non-hydrogen) atoms. The lowest BCUT2D eigenvalue weighted by Gasteiger charge is -2.34. The molecule has 0 amide bonds. The van der Waals surface area contributed by atoms with Crippen LogP contribution in [0.25, 0.3) is 0 Å². The average Bonchev–Trinajstić information content (AvgIpc) is 2.39. The third-order valence-electron chi connectivity index (χ3n) is 4.14. The van der Waals surface area contributed by atoms with Crippen molar-refractivity contribution in [2.75, 3.05) is 13.1 Å². The lowest BCUT2D eigenvalue weighted by Crippen LogP contribution is -2.49. The summed E-state index contributed by atoms with van der Waals surface area (Å²) in [6.45, 7) is 0.447. The molecule has 0 aromatic heterocycles. The molecule has 1 saturated carbocycles. The molecular weight excluding hydrogens is 288 g/mol. The minimum absolute atomic E-state index is 0.0255. The zero-order valence-corrected chi connectivity index (χ0v) is 12.6. The molecule has 0 bridgehead atoms. The van der Waals surface area contributed by atoms with Crippen molar-refractivity contribution in [2.24, 2.45) is 5.14 Å². The molecule has 2 N–H and O–H groups in total. The Kier molecular flexibility index (Phi) is 4.54. The Hall–Kier alpha value is -0.180. The standard InChI is InChI=1S/C11H22N2O4S2/c12-18(14,15)11-7-4-8-13(9-11)19(16,17)10-5-2-1-3-6-10/h10-11H,1-9H2,(H2,12,14,15). The van der Waals surface area contributed by atoms with Crippen molar-refractivity contribution < 1.29 is 16.8 Å². The SMILES string of the molecule is NS(=O)(=O)C1CCCN(S(=O)(=O)C2CCCCC2)C1. The summed E-state index contributed by atoms with van der Waals surface area (Å²) in [4.78, 5) is 0. The van der Waals surface area contributed by atoms with Crippen LogP contribution >= 0.6 is 0 Å². The molecule has 1 aliphatic carbocycles. The van der Waals surface area contributed by atoms with Crippen molar-refractivity contribution >= 4 is 20.0 Å². The zero-order chi connectivity index (χ0) is 14.1. The maximum Gasteiger partial charge on any atom is 0.217 e. The molecule has 112 valence electrons. The predicted octanol–water partition coefficient (Wildman–Crippen LogP) is 0.402. The van der Waals surface area contributed by atoms with Gasteiger partial charge in [0.2, 0.25) is 20.0 Å². The molecule has 1 unspecified atom stereocenters. The van der Waals surface area contributed by atoms with E-state index in [2.05, 4.69) is 0 Å². The van der Waals surface area contributed by atoms with Crippen molar-refractivity contribution in [3.8, 4) is 0 Å². The summed E-state index contributed by atoms with van der Waals surface area (Å²) in [5.41, 5.74) is 0. The second-order valence-corrected chi connectivity index (χ2v) is 9.57. The largest absolute Gasteiger partial charge is 0.228 e. The van der Waals surface area contributed by atoms with Gasteiger partial charge in [0.1, 0.15) is 0 Å². The first-order chi connectivity index (χ1) is 8.82. The molecule has 1 saturated heterocycles. The molecule has 2 fully saturated rings. The first-order valence-electron chi connectivity index (χ1n) is 6.82. The van der Waals surface area contributed by atoms with Crippen molar-refractivity contribution in [1.82, 2.24) is 4.31 Å². The molecule has 2 rings (SSSR count). The van der Waals surface area contributed by atoms with Gasteiger partial charge in [-0.2, -0.15) is 0 Å². The second kappa shape index (κ2) is 5.67. The molecular formula is C11H22N2O4S2. The smallest absolute Gasteiger partial charge is 0.217 e. The van der Waals surface area contributed by atoms with Gasteiger partial charge in [-0.25, -0.2) is 26.3 Å². The van der Waals surface area contributed by atoms with E-state index >= 15 is 0 Å². The van der Waals surface area contributed by atoms with Crippen molar-refractivity contribution in [3.05, 3.63) is 0 Å². The number of primary sulfonamides is 1. The minimum atomic E-state index is -3.66. The first-order valence-corrected chi connectivity index (χ1v) is 9.93. The molecule has 8 heteroatoms. The van der Waals surface area contributed by atoms with Gasteiger partial charge >= 0.3 is 0 Å². The van der Waals surface area contributed by atoms with Crippen LogP contribution in [0.15, 0.2) is 0 Å². The molecule has 0 spiro atoms. The first kappa shape index (κ1) is 15.2. The van der Waals surface area contributed by atoms with E-state index in [0.717, 1.165) is 19.3 Å². The number of nitrogens with two attached hydrogens (primary N) is 1. The van der Waals surface area contributed by atoms with Crippen molar-refractivity contribution in [2.45, 2.75) is 55.4 Å². The fraction of sp³-hybridized carbons (Fsp3) is 1.00. The Labute approximate surface area is 115 Å². The third-order valence-corrected chi connectivity index (χ3v) is 7.82. The van der Waals surface area contributed by atoms with Gasteiger partial charge in [0.15, 0.2) is 0 Å². The number of sulfonamides is 2. The maximum absolute atomic E-state index is 12.5. The highest BCUT2D eigenvalue weighted by Gasteiger charge is 2.38. The van der Waals surface area contributed by atoms with Crippen LogP contribution in [0, 0.1) is 0 Å². The average molecular weight is 310 g/mol. The predicted molar refractivity (Wildman–Crippen MR) is 73.5 cm³/mol. The van der Waals surface area contributed by atoms with Crippen LogP contribution in [0.4, 0.5) is 0 Å². The van der Waals surface area contributed by atoms with Crippen LogP contribution in [-0.2, 0) is 20.0 Å². The molecule has 1 aliphatic heterocycles. The van der Waals surface area contributed by atoms with Gasteiger partial charge in [0.05, 0.1) is 10.5 Å². The zero-order valence-electron chi connectivity index (χ0n) is 11.0. The van der Waals surface area contributed by atoms with Crippen molar-refractivity contribution in [3.63, 3.8) is 0 Å². The van der Waals surface area contributed by atoms with E-state index < -0.39 is 25.3 Å². The van der Waals surface area contributed by atoms with Crippen LogP contribution in [-0.4, -0.2) is 44.7 Å². The number of rotatable bonds is 3. The molecule has 1 heterocycles. The summed E-state index contributed by atoms with van der Waals surface area (Å²) in [7, 11) is -7.02. The van der Waals surface area contributed by atoms with Gasteiger partial charge in [-0.15, -0.1) is 0 Å². The number of nitrogens with zero attached hydrogens (tertiary/aromatic N) is 1. The summed E-state index contributed by atoms with van der Waals surface area (Å²) >= 11 is 0.